The molecule has 0 aliphatic heterocycles. The summed E-state index contributed by atoms with van der Waals surface area (Å²) in [6.45, 7) is 0. The number of rotatable bonds is 0. The van der Waals surface area contributed by atoms with Gasteiger partial charge in [0.05, 0.1) is 0 Å². The quantitative estimate of drug-likeness (QED) is 0.253. The minimum atomic E-state index is 0.782. The van der Waals surface area contributed by atoms with Crippen molar-refractivity contribution >= 4 is 43.9 Å². The zero-order valence-electron chi connectivity index (χ0n) is 13.4. The third kappa shape index (κ3) is 1.67. The van der Waals surface area contributed by atoms with E-state index in [4.69, 9.17) is 11.6 Å². The summed E-state index contributed by atoms with van der Waals surface area (Å²) < 4.78 is 0. The highest BCUT2D eigenvalue weighted by atomic mass is 35.5. The molecule has 0 radical (unpaired) electrons. The number of fused-ring (bicyclic) bond motifs is 7. The zero-order valence-corrected chi connectivity index (χ0v) is 14.1. The molecule has 0 bridgehead atoms. The van der Waals surface area contributed by atoms with Gasteiger partial charge in [-0.1, -0.05) is 72.3 Å². The van der Waals surface area contributed by atoms with E-state index in [0.29, 0.717) is 0 Å². The Labute approximate surface area is 150 Å². The van der Waals surface area contributed by atoms with Gasteiger partial charge in [-0.05, 0) is 72.8 Å². The molecule has 0 atom stereocenters. The third-order valence-electron chi connectivity index (χ3n) is 5.44. The maximum Gasteiger partial charge on any atom is 0.0412 e. The van der Waals surface area contributed by atoms with Crippen LogP contribution in [0.4, 0.5) is 0 Å². The monoisotopic (exact) mass is 336 g/mol. The van der Waals surface area contributed by atoms with Crippen LogP contribution in [0.2, 0.25) is 5.02 Å². The first kappa shape index (κ1) is 13.5. The second kappa shape index (κ2) is 4.62. The van der Waals surface area contributed by atoms with Gasteiger partial charge in [0.25, 0.3) is 0 Å². The van der Waals surface area contributed by atoms with Gasteiger partial charge in [-0.3, -0.25) is 0 Å². The Bertz CT molecular complexity index is 1350. The molecule has 5 aromatic rings. The first-order valence-corrected chi connectivity index (χ1v) is 8.86. The Kier molecular flexibility index (Phi) is 2.49. The molecule has 1 aliphatic carbocycles. The maximum absolute atomic E-state index is 6.20. The van der Waals surface area contributed by atoms with Gasteiger partial charge in [-0.2, -0.15) is 0 Å². The SMILES string of the molecule is Clc1ccc2c(ccc3c4cccc5c4c(cc23)-c2ccccc2-5)c1. The lowest BCUT2D eigenvalue weighted by Crippen LogP contribution is -1.83. The molecule has 0 saturated heterocycles. The van der Waals surface area contributed by atoms with Crippen molar-refractivity contribution in [2.24, 2.45) is 0 Å². The van der Waals surface area contributed by atoms with E-state index in [1.165, 1.54) is 54.6 Å². The molecule has 0 heterocycles. The lowest BCUT2D eigenvalue weighted by atomic mass is 9.93. The highest BCUT2D eigenvalue weighted by Gasteiger charge is 2.22. The number of hydrogen-bond donors (Lipinski definition) is 0. The second-order valence-electron chi connectivity index (χ2n) is 6.72. The van der Waals surface area contributed by atoms with Crippen molar-refractivity contribution in [3.05, 3.63) is 83.9 Å². The van der Waals surface area contributed by atoms with Crippen LogP contribution in [0.3, 0.4) is 0 Å². The van der Waals surface area contributed by atoms with Gasteiger partial charge >= 0.3 is 0 Å². The average Bonchev–Trinajstić information content (AvgIpc) is 2.97. The van der Waals surface area contributed by atoms with E-state index in [0.717, 1.165) is 5.02 Å². The van der Waals surface area contributed by atoms with Crippen molar-refractivity contribution in [2.75, 3.05) is 0 Å². The van der Waals surface area contributed by atoms with E-state index in [1.807, 2.05) is 12.1 Å². The first-order chi connectivity index (χ1) is 12.3. The Morgan fingerprint density at radius 3 is 2.12 bits per heavy atom. The lowest BCUT2D eigenvalue weighted by molar-refractivity contribution is 1.70. The molecule has 0 N–H and O–H groups in total. The molecule has 6 rings (SSSR count). The van der Waals surface area contributed by atoms with E-state index in [1.54, 1.807) is 0 Å². The molecule has 0 unspecified atom stereocenters. The molecule has 116 valence electrons. The number of halogens is 1. The van der Waals surface area contributed by atoms with Crippen LogP contribution in [0.25, 0.3) is 54.6 Å². The summed E-state index contributed by atoms with van der Waals surface area (Å²) in [4.78, 5) is 0. The van der Waals surface area contributed by atoms with Crippen LogP contribution >= 0.6 is 11.6 Å². The van der Waals surface area contributed by atoms with Crippen molar-refractivity contribution in [3.8, 4) is 22.3 Å². The molecule has 1 heteroatoms. The Hall–Kier alpha value is -2.83. The second-order valence-corrected chi connectivity index (χ2v) is 7.16. The molecule has 0 amide bonds. The summed E-state index contributed by atoms with van der Waals surface area (Å²) in [5, 5.41) is 8.55. The van der Waals surface area contributed by atoms with Crippen molar-refractivity contribution in [2.45, 2.75) is 0 Å². The Morgan fingerprint density at radius 1 is 0.480 bits per heavy atom. The summed E-state index contributed by atoms with van der Waals surface area (Å²) in [7, 11) is 0. The fraction of sp³-hybridized carbons (Fsp3) is 0. The molecule has 0 spiro atoms. The van der Waals surface area contributed by atoms with Gasteiger partial charge < -0.3 is 0 Å². The molecular weight excluding hydrogens is 324 g/mol. The normalized spacial score (nSPS) is 12.2. The Morgan fingerprint density at radius 2 is 1.24 bits per heavy atom. The van der Waals surface area contributed by atoms with Gasteiger partial charge in [-0.25, -0.2) is 0 Å². The van der Waals surface area contributed by atoms with Crippen molar-refractivity contribution in [3.63, 3.8) is 0 Å². The van der Waals surface area contributed by atoms with E-state index in [2.05, 4.69) is 66.7 Å². The van der Waals surface area contributed by atoms with Crippen LogP contribution in [-0.4, -0.2) is 0 Å². The standard InChI is InChI=1S/C24H13Cl/c25-15-9-11-16-14(12-15)8-10-19-21-7-3-6-20-17-4-1-2-5-18(17)23(24(20)21)13-22(16)19/h1-13H. The third-order valence-corrected chi connectivity index (χ3v) is 5.68. The van der Waals surface area contributed by atoms with E-state index in [9.17, 15) is 0 Å². The van der Waals surface area contributed by atoms with Crippen LogP contribution in [0.15, 0.2) is 78.9 Å². The molecule has 0 saturated carbocycles. The lowest BCUT2D eigenvalue weighted by Gasteiger charge is -2.10. The highest BCUT2D eigenvalue weighted by Crippen LogP contribution is 2.49. The van der Waals surface area contributed by atoms with Crippen LogP contribution in [0.5, 0.6) is 0 Å². The highest BCUT2D eigenvalue weighted by molar-refractivity contribution is 6.32. The van der Waals surface area contributed by atoms with E-state index < -0.39 is 0 Å². The minimum Gasteiger partial charge on any atom is -0.0843 e. The van der Waals surface area contributed by atoms with Gasteiger partial charge in [0.2, 0.25) is 0 Å². The molecule has 5 aromatic carbocycles. The minimum absolute atomic E-state index is 0.782. The fourth-order valence-electron chi connectivity index (χ4n) is 4.39. The Balaban J connectivity index is 1.90. The zero-order chi connectivity index (χ0) is 16.5. The summed E-state index contributed by atoms with van der Waals surface area (Å²) in [6.07, 6.45) is 0. The molecule has 25 heavy (non-hydrogen) atoms. The molecular formula is C24H13Cl. The van der Waals surface area contributed by atoms with Gasteiger partial charge in [-0.15, -0.1) is 0 Å². The van der Waals surface area contributed by atoms with Crippen LogP contribution in [0, 0.1) is 0 Å². The van der Waals surface area contributed by atoms with Crippen molar-refractivity contribution < 1.29 is 0 Å². The summed E-state index contributed by atoms with van der Waals surface area (Å²) in [6, 6.07) is 28.3. The van der Waals surface area contributed by atoms with Crippen LogP contribution in [0.1, 0.15) is 0 Å². The van der Waals surface area contributed by atoms with Gasteiger partial charge in [0.1, 0.15) is 0 Å². The van der Waals surface area contributed by atoms with Gasteiger partial charge in [0, 0.05) is 5.02 Å². The number of benzene rings is 5. The molecule has 0 fully saturated rings. The predicted octanol–water partition coefficient (Wildman–Crippen LogP) is 7.45. The largest absolute Gasteiger partial charge is 0.0843 e. The van der Waals surface area contributed by atoms with Crippen LogP contribution < -0.4 is 0 Å². The summed E-state index contributed by atoms with van der Waals surface area (Å²) >= 11 is 6.20. The van der Waals surface area contributed by atoms with Gasteiger partial charge in [0.15, 0.2) is 0 Å². The smallest absolute Gasteiger partial charge is 0.0412 e. The summed E-state index contributed by atoms with van der Waals surface area (Å²) in [5.41, 5.74) is 5.37. The summed E-state index contributed by atoms with van der Waals surface area (Å²) in [5.74, 6) is 0. The van der Waals surface area contributed by atoms with Crippen molar-refractivity contribution in [1.29, 1.82) is 0 Å². The molecule has 0 aromatic heterocycles. The van der Waals surface area contributed by atoms with Crippen molar-refractivity contribution in [1.82, 2.24) is 0 Å². The predicted molar refractivity (Wildman–Crippen MR) is 108 cm³/mol. The van der Waals surface area contributed by atoms with E-state index >= 15 is 0 Å². The fourth-order valence-corrected chi connectivity index (χ4v) is 4.57. The molecule has 0 nitrogen and oxygen atoms in total. The number of hydrogen-bond acceptors (Lipinski definition) is 0. The maximum atomic E-state index is 6.20. The molecule has 1 aliphatic rings. The first-order valence-electron chi connectivity index (χ1n) is 8.49. The van der Waals surface area contributed by atoms with E-state index in [-0.39, 0.29) is 0 Å². The van der Waals surface area contributed by atoms with Crippen LogP contribution in [-0.2, 0) is 0 Å². The topological polar surface area (TPSA) is 0 Å². The average molecular weight is 337 g/mol.